The Labute approximate surface area is 178 Å². The van der Waals surface area contributed by atoms with Crippen LogP contribution in [0.2, 0.25) is 0 Å². The number of ether oxygens (including phenoxy) is 2. The minimum atomic E-state index is -0.868. The molecule has 0 spiro atoms. The van der Waals surface area contributed by atoms with Gasteiger partial charge >= 0.3 is 6.09 Å². The lowest BCUT2D eigenvalue weighted by molar-refractivity contribution is -0.0269. The zero-order valence-electron chi connectivity index (χ0n) is 18.4. The van der Waals surface area contributed by atoms with Gasteiger partial charge in [0.15, 0.2) is 0 Å². The summed E-state index contributed by atoms with van der Waals surface area (Å²) < 4.78 is 11.1. The second kappa shape index (κ2) is 8.70. The van der Waals surface area contributed by atoms with Gasteiger partial charge in [-0.3, -0.25) is 9.88 Å². The highest BCUT2D eigenvalue weighted by Gasteiger charge is 2.28. The second-order valence-corrected chi connectivity index (χ2v) is 9.33. The summed E-state index contributed by atoms with van der Waals surface area (Å²) in [5.74, 6) is 0.664. The van der Waals surface area contributed by atoms with Crippen LogP contribution in [0.5, 0.6) is 0 Å². The number of aromatic nitrogens is 2. The molecule has 7 heteroatoms. The van der Waals surface area contributed by atoms with E-state index >= 15 is 0 Å². The van der Waals surface area contributed by atoms with E-state index in [-0.39, 0.29) is 12.7 Å². The third-order valence-electron chi connectivity index (χ3n) is 4.49. The second-order valence-electron chi connectivity index (χ2n) is 9.33. The van der Waals surface area contributed by atoms with Crippen LogP contribution in [0.4, 0.5) is 10.6 Å². The van der Waals surface area contributed by atoms with Crippen molar-refractivity contribution >= 4 is 11.9 Å². The topological polar surface area (TPSA) is 84.8 Å². The molecule has 1 amide bonds. The lowest BCUT2D eigenvalue weighted by atomic mass is 10.0. The van der Waals surface area contributed by atoms with Crippen LogP contribution >= 0.6 is 0 Å². The van der Waals surface area contributed by atoms with Gasteiger partial charge in [0.25, 0.3) is 0 Å². The number of nitrogens with zero attached hydrogens (tertiary/aromatic N) is 3. The van der Waals surface area contributed by atoms with Crippen molar-refractivity contribution in [1.29, 1.82) is 0 Å². The number of anilines is 1. The Bertz CT molecular complexity index is 900. The molecular formula is C23H31N3O4. The predicted molar refractivity (Wildman–Crippen MR) is 115 cm³/mol. The molecule has 0 fully saturated rings. The van der Waals surface area contributed by atoms with Crippen LogP contribution in [-0.4, -0.2) is 45.5 Å². The van der Waals surface area contributed by atoms with Gasteiger partial charge in [0, 0.05) is 36.3 Å². The Morgan fingerprint density at radius 1 is 1.13 bits per heavy atom. The van der Waals surface area contributed by atoms with E-state index in [1.807, 2.05) is 26.8 Å². The smallest absolute Gasteiger partial charge is 0.416 e. The molecule has 0 saturated carbocycles. The number of pyridine rings is 2. The van der Waals surface area contributed by atoms with Crippen molar-refractivity contribution in [2.24, 2.45) is 0 Å². The van der Waals surface area contributed by atoms with Crippen LogP contribution in [0.3, 0.4) is 0 Å². The van der Waals surface area contributed by atoms with Crippen LogP contribution in [0.25, 0.3) is 11.1 Å². The van der Waals surface area contributed by atoms with E-state index in [0.717, 1.165) is 35.1 Å². The molecule has 1 N–H and O–H groups in total. The quantitative estimate of drug-likeness (QED) is 0.794. The van der Waals surface area contributed by atoms with Crippen LogP contribution in [0, 0.1) is 0 Å². The number of hydrogen-bond donors (Lipinski definition) is 1. The van der Waals surface area contributed by atoms with Crippen molar-refractivity contribution in [2.75, 3.05) is 18.1 Å². The summed E-state index contributed by atoms with van der Waals surface area (Å²) in [6.07, 6.45) is 6.66. The lowest BCUT2D eigenvalue weighted by Gasteiger charge is -2.30. The van der Waals surface area contributed by atoms with E-state index in [4.69, 9.17) is 9.47 Å². The summed E-state index contributed by atoms with van der Waals surface area (Å²) in [5.41, 5.74) is 2.40. The Hall–Kier alpha value is -2.51. The van der Waals surface area contributed by atoms with Gasteiger partial charge in [0.1, 0.15) is 11.4 Å². The highest BCUT2D eigenvalue weighted by Crippen LogP contribution is 2.30. The molecule has 30 heavy (non-hydrogen) atoms. The maximum absolute atomic E-state index is 12.6. The first kappa shape index (κ1) is 22.2. The van der Waals surface area contributed by atoms with Crippen molar-refractivity contribution in [3.05, 3.63) is 41.9 Å². The first-order chi connectivity index (χ1) is 14.0. The highest BCUT2D eigenvalue weighted by atomic mass is 16.6. The van der Waals surface area contributed by atoms with Gasteiger partial charge in [-0.05, 0) is 70.7 Å². The minimum absolute atomic E-state index is 0.248. The molecule has 0 radical (unpaired) electrons. The fourth-order valence-electron chi connectivity index (χ4n) is 3.26. The molecule has 1 aliphatic heterocycles. The van der Waals surface area contributed by atoms with Crippen LogP contribution in [-0.2, 0) is 22.5 Å². The van der Waals surface area contributed by atoms with Gasteiger partial charge < -0.3 is 14.6 Å². The summed E-state index contributed by atoms with van der Waals surface area (Å²) in [7, 11) is 0. The Morgan fingerprint density at radius 2 is 1.87 bits per heavy atom. The largest absolute Gasteiger partial charge is 0.443 e. The maximum atomic E-state index is 12.6. The summed E-state index contributed by atoms with van der Waals surface area (Å²) >= 11 is 0. The summed E-state index contributed by atoms with van der Waals surface area (Å²) in [6, 6.07) is 4.08. The molecule has 0 aromatic carbocycles. The molecule has 0 unspecified atom stereocenters. The lowest BCUT2D eigenvalue weighted by Crippen LogP contribution is -2.40. The molecule has 0 bridgehead atoms. The molecular weight excluding hydrogens is 382 g/mol. The van der Waals surface area contributed by atoms with Gasteiger partial charge in [-0.15, -0.1) is 0 Å². The number of carbonyl (C=O) groups excluding carboxylic acids is 1. The average molecular weight is 414 g/mol. The average Bonchev–Trinajstić information content (AvgIpc) is 2.65. The van der Waals surface area contributed by atoms with E-state index < -0.39 is 11.2 Å². The third kappa shape index (κ3) is 6.00. The van der Waals surface area contributed by atoms with Crippen molar-refractivity contribution in [3.63, 3.8) is 0 Å². The molecule has 2 aromatic rings. The number of carbonyl (C=O) groups is 1. The number of rotatable bonds is 5. The fourth-order valence-corrected chi connectivity index (χ4v) is 3.26. The number of aliphatic hydroxyl groups is 1. The molecule has 162 valence electrons. The van der Waals surface area contributed by atoms with Crippen molar-refractivity contribution < 1.29 is 19.4 Å². The van der Waals surface area contributed by atoms with Gasteiger partial charge in [0.05, 0.1) is 18.8 Å². The van der Waals surface area contributed by atoms with Crippen LogP contribution in [0.1, 0.15) is 52.2 Å². The van der Waals surface area contributed by atoms with E-state index in [1.54, 1.807) is 37.3 Å². The predicted octanol–water partition coefficient (Wildman–Crippen LogP) is 4.12. The van der Waals surface area contributed by atoms with Crippen LogP contribution < -0.4 is 4.90 Å². The Kier molecular flexibility index (Phi) is 6.43. The zero-order valence-corrected chi connectivity index (χ0v) is 18.4. The maximum Gasteiger partial charge on any atom is 0.416 e. The SMILES string of the molecule is CC(C)(O)COCc1cncc(-c2cnc3c(c2)CCCN3C(=O)OC(C)(C)C)c1. The van der Waals surface area contributed by atoms with E-state index in [1.165, 1.54) is 0 Å². The minimum Gasteiger partial charge on any atom is -0.443 e. The van der Waals surface area contributed by atoms with Gasteiger partial charge in [-0.25, -0.2) is 9.78 Å². The molecule has 2 aromatic heterocycles. The first-order valence-corrected chi connectivity index (χ1v) is 10.3. The van der Waals surface area contributed by atoms with Crippen molar-refractivity contribution in [1.82, 2.24) is 9.97 Å². The molecule has 1 aliphatic rings. The molecule has 7 nitrogen and oxygen atoms in total. The van der Waals surface area contributed by atoms with Gasteiger partial charge in [-0.2, -0.15) is 0 Å². The monoisotopic (exact) mass is 413 g/mol. The standard InChI is InChI=1S/C23H31N3O4/c1-22(2,3)30-21(27)26-8-6-7-17-10-19(13-25-20(17)26)18-9-16(11-24-12-18)14-29-15-23(4,5)28/h9-13,28H,6-8,14-15H2,1-5H3. The molecule has 3 rings (SSSR count). The summed E-state index contributed by atoms with van der Waals surface area (Å²) in [6.45, 7) is 10.2. The van der Waals surface area contributed by atoms with E-state index in [0.29, 0.717) is 19.0 Å². The fraction of sp³-hybridized carbons (Fsp3) is 0.522. The van der Waals surface area contributed by atoms with Crippen LogP contribution in [0.15, 0.2) is 30.7 Å². The van der Waals surface area contributed by atoms with Gasteiger partial charge in [0.2, 0.25) is 0 Å². The summed E-state index contributed by atoms with van der Waals surface area (Å²) in [4.78, 5) is 23.1. The highest BCUT2D eigenvalue weighted by molar-refractivity contribution is 5.88. The third-order valence-corrected chi connectivity index (χ3v) is 4.49. The van der Waals surface area contributed by atoms with Crippen molar-refractivity contribution in [2.45, 2.75) is 65.3 Å². The Morgan fingerprint density at radius 3 is 2.57 bits per heavy atom. The zero-order chi connectivity index (χ0) is 21.9. The number of aryl methyl sites for hydroxylation is 1. The van der Waals surface area contributed by atoms with E-state index in [9.17, 15) is 9.90 Å². The van der Waals surface area contributed by atoms with Crippen molar-refractivity contribution in [3.8, 4) is 11.1 Å². The molecule has 0 saturated heterocycles. The molecule has 3 heterocycles. The normalized spacial score (nSPS) is 14.4. The molecule has 0 aliphatic carbocycles. The molecule has 0 atom stereocenters. The van der Waals surface area contributed by atoms with Gasteiger partial charge in [-0.1, -0.05) is 0 Å². The first-order valence-electron chi connectivity index (χ1n) is 10.3. The Balaban J connectivity index is 1.78. The summed E-state index contributed by atoms with van der Waals surface area (Å²) in [5, 5.41) is 9.78. The number of amides is 1. The number of hydrogen-bond acceptors (Lipinski definition) is 6. The van der Waals surface area contributed by atoms with E-state index in [2.05, 4.69) is 16.0 Å². The number of fused-ring (bicyclic) bond motifs is 1.